The van der Waals surface area contributed by atoms with E-state index in [1.165, 1.54) is 0 Å². The Kier molecular flexibility index (Phi) is 4.33. The Bertz CT molecular complexity index is 245. The van der Waals surface area contributed by atoms with Crippen LogP contribution in [0.4, 0.5) is 0 Å². The van der Waals surface area contributed by atoms with Crippen LogP contribution in [-0.4, -0.2) is 36.8 Å². The number of nitrogens with zero attached hydrogens (tertiary/aromatic N) is 1. The van der Waals surface area contributed by atoms with Gasteiger partial charge in [-0.05, 0) is 27.7 Å². The zero-order valence-corrected chi connectivity index (χ0v) is 10.9. The molecule has 1 aliphatic heterocycles. The molecule has 4 nitrogen and oxygen atoms in total. The van der Waals surface area contributed by atoms with E-state index >= 15 is 0 Å². The number of hydrogen-bond donors (Lipinski definition) is 1. The van der Waals surface area contributed by atoms with Crippen molar-refractivity contribution < 1.29 is 9.47 Å². The predicted molar refractivity (Wildman–Crippen MR) is 65.8 cm³/mol. The van der Waals surface area contributed by atoms with Gasteiger partial charge in [-0.25, -0.2) is 0 Å². The summed E-state index contributed by atoms with van der Waals surface area (Å²) in [6.07, 6.45) is 1.60. The first-order chi connectivity index (χ1) is 7.40. The van der Waals surface area contributed by atoms with Crippen molar-refractivity contribution in [1.82, 2.24) is 0 Å². The molecule has 0 aromatic carbocycles. The van der Waals surface area contributed by atoms with E-state index in [-0.39, 0.29) is 5.54 Å². The van der Waals surface area contributed by atoms with Crippen LogP contribution in [-0.2, 0) is 9.47 Å². The largest absolute Gasteiger partial charge is 0.385 e. The van der Waals surface area contributed by atoms with Crippen molar-refractivity contribution >= 4 is 5.84 Å². The van der Waals surface area contributed by atoms with Gasteiger partial charge < -0.3 is 15.2 Å². The minimum Gasteiger partial charge on any atom is -0.385 e. The van der Waals surface area contributed by atoms with Crippen LogP contribution in [0.15, 0.2) is 4.99 Å². The minimum absolute atomic E-state index is 0.160. The van der Waals surface area contributed by atoms with Crippen LogP contribution >= 0.6 is 0 Å². The Morgan fingerprint density at radius 2 is 1.94 bits per heavy atom. The molecule has 0 spiro atoms. The molecule has 0 atom stereocenters. The highest BCUT2D eigenvalue weighted by molar-refractivity contribution is 5.89. The molecular weight excluding hydrogens is 204 g/mol. The third-order valence-electron chi connectivity index (χ3n) is 2.64. The monoisotopic (exact) mass is 228 g/mol. The maximum absolute atomic E-state index is 6.13. The molecule has 0 bridgehead atoms. The molecule has 0 aromatic rings. The summed E-state index contributed by atoms with van der Waals surface area (Å²) in [7, 11) is 0. The molecule has 4 heteroatoms. The van der Waals surface area contributed by atoms with E-state index in [2.05, 4.69) is 4.99 Å². The predicted octanol–water partition coefficient (Wildman–Crippen LogP) is 1.73. The first-order valence-electron chi connectivity index (χ1n) is 5.97. The number of rotatable bonds is 3. The SMILES string of the molecule is CCOC1(C(N)=NC(C)(C)C)CCOCC1. The second-order valence-electron chi connectivity index (χ2n) is 5.21. The van der Waals surface area contributed by atoms with Gasteiger partial charge in [-0.2, -0.15) is 0 Å². The maximum Gasteiger partial charge on any atom is 0.129 e. The zero-order chi connectivity index (χ0) is 12.2. The molecule has 1 aliphatic rings. The van der Waals surface area contributed by atoms with Gasteiger partial charge in [0.25, 0.3) is 0 Å². The molecule has 1 heterocycles. The Morgan fingerprint density at radius 1 is 1.38 bits per heavy atom. The molecule has 1 fully saturated rings. The molecule has 0 radical (unpaired) electrons. The lowest BCUT2D eigenvalue weighted by Crippen LogP contribution is -2.51. The second-order valence-corrected chi connectivity index (χ2v) is 5.21. The van der Waals surface area contributed by atoms with Crippen molar-refractivity contribution in [1.29, 1.82) is 0 Å². The van der Waals surface area contributed by atoms with Gasteiger partial charge in [-0.1, -0.05) is 0 Å². The van der Waals surface area contributed by atoms with Crippen molar-refractivity contribution in [3.8, 4) is 0 Å². The van der Waals surface area contributed by atoms with E-state index in [4.69, 9.17) is 15.2 Å². The average Bonchev–Trinajstić information content (AvgIpc) is 2.17. The van der Waals surface area contributed by atoms with E-state index in [9.17, 15) is 0 Å². The van der Waals surface area contributed by atoms with Crippen LogP contribution in [0, 0.1) is 0 Å². The Morgan fingerprint density at radius 3 is 2.38 bits per heavy atom. The van der Waals surface area contributed by atoms with Crippen molar-refractivity contribution in [2.45, 2.75) is 51.7 Å². The van der Waals surface area contributed by atoms with Crippen molar-refractivity contribution in [2.75, 3.05) is 19.8 Å². The van der Waals surface area contributed by atoms with Crippen LogP contribution in [0.2, 0.25) is 0 Å². The smallest absolute Gasteiger partial charge is 0.129 e. The van der Waals surface area contributed by atoms with Gasteiger partial charge in [0.05, 0.1) is 5.54 Å². The molecule has 2 N–H and O–H groups in total. The number of aliphatic imine (C=N–C) groups is 1. The van der Waals surface area contributed by atoms with Crippen LogP contribution in [0.3, 0.4) is 0 Å². The molecule has 0 saturated carbocycles. The fraction of sp³-hybridized carbons (Fsp3) is 0.917. The molecule has 16 heavy (non-hydrogen) atoms. The third kappa shape index (κ3) is 3.46. The Labute approximate surface area is 98.2 Å². The van der Waals surface area contributed by atoms with Crippen LogP contribution in [0.25, 0.3) is 0 Å². The average molecular weight is 228 g/mol. The summed E-state index contributed by atoms with van der Waals surface area (Å²) in [4.78, 5) is 4.54. The quantitative estimate of drug-likeness (QED) is 0.591. The molecule has 0 unspecified atom stereocenters. The molecule has 0 aromatic heterocycles. The second kappa shape index (κ2) is 5.15. The minimum atomic E-state index is -0.402. The normalized spacial score (nSPS) is 22.1. The van der Waals surface area contributed by atoms with E-state index < -0.39 is 5.60 Å². The van der Waals surface area contributed by atoms with Gasteiger partial charge in [-0.3, -0.25) is 4.99 Å². The lowest BCUT2D eigenvalue weighted by molar-refractivity contribution is -0.0648. The standard InChI is InChI=1S/C12H24N2O2/c1-5-16-12(6-8-15-9-7-12)10(13)14-11(2,3)4/h5-9H2,1-4H3,(H2,13,14). The highest BCUT2D eigenvalue weighted by Gasteiger charge is 2.38. The maximum atomic E-state index is 6.13. The van der Waals surface area contributed by atoms with E-state index in [0.29, 0.717) is 25.7 Å². The van der Waals surface area contributed by atoms with Crippen LogP contribution in [0.5, 0.6) is 0 Å². The molecule has 1 rings (SSSR count). The highest BCUT2D eigenvalue weighted by atomic mass is 16.5. The molecule has 94 valence electrons. The molecule has 0 aliphatic carbocycles. The number of hydrogen-bond acceptors (Lipinski definition) is 3. The van der Waals surface area contributed by atoms with Crippen molar-refractivity contribution in [2.24, 2.45) is 10.7 Å². The van der Waals surface area contributed by atoms with Gasteiger partial charge in [-0.15, -0.1) is 0 Å². The number of amidine groups is 1. The first-order valence-corrected chi connectivity index (χ1v) is 5.97. The number of ether oxygens (including phenoxy) is 2. The third-order valence-corrected chi connectivity index (χ3v) is 2.64. The summed E-state index contributed by atoms with van der Waals surface area (Å²) < 4.78 is 11.2. The van der Waals surface area contributed by atoms with E-state index in [0.717, 1.165) is 12.8 Å². The summed E-state index contributed by atoms with van der Waals surface area (Å²) >= 11 is 0. The van der Waals surface area contributed by atoms with Gasteiger partial charge in [0.15, 0.2) is 0 Å². The fourth-order valence-electron chi connectivity index (χ4n) is 1.92. The lowest BCUT2D eigenvalue weighted by Gasteiger charge is -2.37. The van der Waals surface area contributed by atoms with Gasteiger partial charge in [0.2, 0.25) is 0 Å². The van der Waals surface area contributed by atoms with Crippen molar-refractivity contribution in [3.63, 3.8) is 0 Å². The topological polar surface area (TPSA) is 56.8 Å². The summed E-state index contributed by atoms with van der Waals surface area (Å²) in [6.45, 7) is 10.2. The summed E-state index contributed by atoms with van der Waals surface area (Å²) in [6, 6.07) is 0. The lowest BCUT2D eigenvalue weighted by atomic mass is 9.92. The Hall–Kier alpha value is -0.610. The van der Waals surface area contributed by atoms with Crippen molar-refractivity contribution in [3.05, 3.63) is 0 Å². The van der Waals surface area contributed by atoms with Crippen LogP contribution < -0.4 is 5.73 Å². The van der Waals surface area contributed by atoms with E-state index in [1.807, 2.05) is 27.7 Å². The highest BCUT2D eigenvalue weighted by Crippen LogP contribution is 2.26. The molecular formula is C12H24N2O2. The first kappa shape index (κ1) is 13.5. The van der Waals surface area contributed by atoms with Gasteiger partial charge >= 0.3 is 0 Å². The van der Waals surface area contributed by atoms with E-state index in [1.54, 1.807) is 0 Å². The number of nitrogens with two attached hydrogens (primary N) is 1. The summed E-state index contributed by atoms with van der Waals surface area (Å²) in [5.74, 6) is 0.616. The summed E-state index contributed by atoms with van der Waals surface area (Å²) in [5, 5.41) is 0. The van der Waals surface area contributed by atoms with Gasteiger partial charge in [0.1, 0.15) is 11.4 Å². The van der Waals surface area contributed by atoms with Crippen LogP contribution in [0.1, 0.15) is 40.5 Å². The molecule has 0 amide bonds. The fourth-order valence-corrected chi connectivity index (χ4v) is 1.92. The Balaban J connectivity index is 2.87. The summed E-state index contributed by atoms with van der Waals surface area (Å²) in [5.41, 5.74) is 5.56. The van der Waals surface area contributed by atoms with Gasteiger partial charge in [0, 0.05) is 32.7 Å². The zero-order valence-electron chi connectivity index (χ0n) is 10.9. The molecule has 1 saturated heterocycles.